The zero-order valence-corrected chi connectivity index (χ0v) is 18.2. The molecule has 2 saturated carbocycles. The Kier molecular flexibility index (Phi) is 6.90. The first-order valence-corrected chi connectivity index (χ1v) is 9.44. The number of aromatic nitrogens is 1. The Morgan fingerprint density at radius 1 is 1.54 bits per heavy atom. The van der Waals surface area contributed by atoms with Crippen LogP contribution in [0, 0.1) is 12.3 Å². The zero-order chi connectivity index (χ0) is 16.4. The number of ether oxygens (including phenoxy) is 1. The van der Waals surface area contributed by atoms with Gasteiger partial charge in [-0.1, -0.05) is 6.42 Å². The molecule has 7 heteroatoms. The molecule has 1 heterocycles. The number of nitrogens with zero attached hydrogens (tertiary/aromatic N) is 3. The van der Waals surface area contributed by atoms with Crippen LogP contribution in [0.25, 0.3) is 0 Å². The van der Waals surface area contributed by atoms with E-state index in [1.165, 1.54) is 19.3 Å². The zero-order valence-electron chi connectivity index (χ0n) is 15.0. The summed E-state index contributed by atoms with van der Waals surface area (Å²) in [4.78, 5) is 11.2. The molecule has 2 unspecified atom stereocenters. The lowest BCUT2D eigenvalue weighted by Crippen LogP contribution is -2.68. The van der Waals surface area contributed by atoms with Gasteiger partial charge in [-0.05, 0) is 33.1 Å². The van der Waals surface area contributed by atoms with Gasteiger partial charge in [0.05, 0.1) is 23.4 Å². The SMILES string of the molecule is CCOC1CC(NC(=NC)N(C)Cc2csc(C)n2)C12CCC2.I. The largest absolute Gasteiger partial charge is 0.378 e. The second-order valence-electron chi connectivity index (χ2n) is 6.72. The summed E-state index contributed by atoms with van der Waals surface area (Å²) in [5, 5.41) is 6.92. The highest BCUT2D eigenvalue weighted by molar-refractivity contribution is 14.0. The van der Waals surface area contributed by atoms with Crippen molar-refractivity contribution in [2.24, 2.45) is 10.4 Å². The normalized spacial score (nSPS) is 24.8. The third-order valence-electron chi connectivity index (χ3n) is 5.38. The molecular formula is C17H29IN4OS. The number of aryl methyl sites for hydroxylation is 1. The minimum atomic E-state index is 0. The van der Waals surface area contributed by atoms with E-state index in [-0.39, 0.29) is 24.0 Å². The monoisotopic (exact) mass is 464 g/mol. The molecule has 2 fully saturated rings. The van der Waals surface area contributed by atoms with Crippen LogP contribution in [0.5, 0.6) is 0 Å². The maximum atomic E-state index is 5.94. The Bertz CT molecular complexity index is 573. The van der Waals surface area contributed by atoms with Crippen molar-refractivity contribution in [3.05, 3.63) is 16.1 Å². The van der Waals surface area contributed by atoms with Crippen LogP contribution in [0.15, 0.2) is 10.4 Å². The molecule has 0 radical (unpaired) electrons. The fourth-order valence-electron chi connectivity index (χ4n) is 3.94. The first-order valence-electron chi connectivity index (χ1n) is 8.56. The van der Waals surface area contributed by atoms with Crippen molar-refractivity contribution in [1.29, 1.82) is 0 Å². The summed E-state index contributed by atoms with van der Waals surface area (Å²) in [6.45, 7) is 5.75. The Balaban J connectivity index is 0.00000208. The van der Waals surface area contributed by atoms with Crippen molar-refractivity contribution in [1.82, 2.24) is 15.2 Å². The molecule has 1 aromatic rings. The minimum absolute atomic E-state index is 0. The smallest absolute Gasteiger partial charge is 0.193 e. The van der Waals surface area contributed by atoms with Gasteiger partial charge in [0.1, 0.15) is 0 Å². The van der Waals surface area contributed by atoms with E-state index in [1.807, 2.05) is 14.0 Å². The van der Waals surface area contributed by atoms with Crippen molar-refractivity contribution in [3.8, 4) is 0 Å². The topological polar surface area (TPSA) is 49.8 Å². The molecule has 1 N–H and O–H groups in total. The molecule has 0 amide bonds. The Labute approximate surface area is 166 Å². The number of hydrogen-bond acceptors (Lipinski definition) is 4. The number of hydrogen-bond donors (Lipinski definition) is 1. The maximum Gasteiger partial charge on any atom is 0.193 e. The van der Waals surface area contributed by atoms with E-state index in [1.54, 1.807) is 11.3 Å². The quantitative estimate of drug-likeness (QED) is 0.412. The number of thiazole rings is 1. The first kappa shape index (κ1) is 19.9. The van der Waals surface area contributed by atoms with Crippen LogP contribution >= 0.6 is 35.3 Å². The van der Waals surface area contributed by atoms with E-state index in [4.69, 9.17) is 4.74 Å². The van der Waals surface area contributed by atoms with Crippen LogP contribution in [0.3, 0.4) is 0 Å². The second-order valence-corrected chi connectivity index (χ2v) is 7.79. The van der Waals surface area contributed by atoms with Crippen molar-refractivity contribution >= 4 is 41.3 Å². The van der Waals surface area contributed by atoms with E-state index < -0.39 is 0 Å². The Hall–Kier alpha value is -0.410. The van der Waals surface area contributed by atoms with Crippen molar-refractivity contribution in [2.45, 2.75) is 58.2 Å². The van der Waals surface area contributed by atoms with Gasteiger partial charge in [0.15, 0.2) is 5.96 Å². The molecule has 5 nitrogen and oxygen atoms in total. The molecule has 0 aromatic carbocycles. The van der Waals surface area contributed by atoms with Crippen LogP contribution < -0.4 is 5.32 Å². The lowest BCUT2D eigenvalue weighted by molar-refractivity contribution is -0.168. The van der Waals surface area contributed by atoms with Gasteiger partial charge in [-0.2, -0.15) is 0 Å². The molecule has 136 valence electrons. The fourth-order valence-corrected chi connectivity index (χ4v) is 4.54. The molecule has 1 spiro atoms. The summed E-state index contributed by atoms with van der Waals surface area (Å²) in [7, 11) is 3.94. The lowest BCUT2D eigenvalue weighted by atomic mass is 9.51. The summed E-state index contributed by atoms with van der Waals surface area (Å²) < 4.78 is 5.94. The van der Waals surface area contributed by atoms with Gasteiger partial charge in [0.25, 0.3) is 0 Å². The number of rotatable bonds is 5. The number of aliphatic imine (C=N–C) groups is 1. The third kappa shape index (κ3) is 3.72. The summed E-state index contributed by atoms with van der Waals surface area (Å²) in [6, 6.07) is 0.492. The van der Waals surface area contributed by atoms with E-state index in [2.05, 4.69) is 39.5 Å². The Morgan fingerprint density at radius 2 is 2.29 bits per heavy atom. The predicted octanol–water partition coefficient (Wildman–Crippen LogP) is 3.42. The van der Waals surface area contributed by atoms with Gasteiger partial charge in [-0.3, -0.25) is 4.99 Å². The molecule has 2 aliphatic carbocycles. The van der Waals surface area contributed by atoms with Gasteiger partial charge in [0.2, 0.25) is 0 Å². The molecule has 3 rings (SSSR count). The number of halogens is 1. The van der Waals surface area contributed by atoms with E-state index in [9.17, 15) is 0 Å². The summed E-state index contributed by atoms with van der Waals surface area (Å²) in [5.41, 5.74) is 1.46. The molecular weight excluding hydrogens is 435 g/mol. The summed E-state index contributed by atoms with van der Waals surface area (Å²) in [5.74, 6) is 0.960. The highest BCUT2D eigenvalue weighted by Crippen LogP contribution is 2.57. The summed E-state index contributed by atoms with van der Waals surface area (Å²) >= 11 is 1.70. The molecule has 0 aliphatic heterocycles. The fraction of sp³-hybridized carbons (Fsp3) is 0.765. The van der Waals surface area contributed by atoms with Crippen LogP contribution in [-0.2, 0) is 11.3 Å². The van der Waals surface area contributed by atoms with Crippen LogP contribution in [-0.4, -0.2) is 48.7 Å². The number of guanidine groups is 1. The van der Waals surface area contributed by atoms with E-state index in [0.29, 0.717) is 17.6 Å². The summed E-state index contributed by atoms with van der Waals surface area (Å²) in [6.07, 6.45) is 5.41. The first-order chi connectivity index (χ1) is 11.1. The van der Waals surface area contributed by atoms with Gasteiger partial charge in [0, 0.05) is 37.5 Å². The van der Waals surface area contributed by atoms with Crippen LogP contribution in [0.1, 0.15) is 43.3 Å². The average molecular weight is 464 g/mol. The average Bonchev–Trinajstić information content (AvgIpc) is 2.85. The minimum Gasteiger partial charge on any atom is -0.378 e. The van der Waals surface area contributed by atoms with E-state index >= 15 is 0 Å². The van der Waals surface area contributed by atoms with Gasteiger partial charge < -0.3 is 15.0 Å². The molecule has 2 aliphatic rings. The van der Waals surface area contributed by atoms with Gasteiger partial charge in [-0.25, -0.2) is 4.98 Å². The van der Waals surface area contributed by atoms with Gasteiger partial charge >= 0.3 is 0 Å². The van der Waals surface area contributed by atoms with Crippen molar-refractivity contribution in [2.75, 3.05) is 20.7 Å². The van der Waals surface area contributed by atoms with Crippen molar-refractivity contribution < 1.29 is 4.74 Å². The standard InChI is InChI=1S/C17H28N4OS.HI/c1-5-22-15-9-14(17(15)7-6-8-17)20-16(18-3)21(4)10-13-11-23-12(2)19-13;/h11,14-15H,5-10H2,1-4H3,(H,18,20);1H. The molecule has 2 atom stereocenters. The highest BCUT2D eigenvalue weighted by Gasteiger charge is 2.59. The van der Waals surface area contributed by atoms with Crippen LogP contribution in [0.4, 0.5) is 0 Å². The second kappa shape index (κ2) is 8.31. The Morgan fingerprint density at radius 3 is 2.79 bits per heavy atom. The van der Waals surface area contributed by atoms with Crippen molar-refractivity contribution in [3.63, 3.8) is 0 Å². The molecule has 0 saturated heterocycles. The van der Waals surface area contributed by atoms with Gasteiger partial charge in [-0.15, -0.1) is 35.3 Å². The molecule has 1 aromatic heterocycles. The molecule has 24 heavy (non-hydrogen) atoms. The maximum absolute atomic E-state index is 5.94. The highest BCUT2D eigenvalue weighted by atomic mass is 127. The predicted molar refractivity (Wildman–Crippen MR) is 110 cm³/mol. The third-order valence-corrected chi connectivity index (χ3v) is 6.20. The molecule has 0 bridgehead atoms. The number of nitrogens with one attached hydrogen (secondary N) is 1. The van der Waals surface area contributed by atoms with E-state index in [0.717, 1.165) is 36.2 Å². The lowest BCUT2D eigenvalue weighted by Gasteiger charge is -2.61. The van der Waals surface area contributed by atoms with Crippen LogP contribution in [0.2, 0.25) is 0 Å².